The Morgan fingerprint density at radius 2 is 1.08 bits per heavy atom. The third-order valence-electron chi connectivity index (χ3n) is 10.4. The minimum absolute atomic E-state index is 0.869. The number of nitrogens with zero attached hydrogens (tertiary/aromatic N) is 2. The normalized spacial score (nSPS) is 11.8. The molecule has 0 spiro atoms. The molecule has 11 rings (SSSR count). The van der Waals surface area contributed by atoms with Crippen LogP contribution in [-0.2, 0) is 0 Å². The summed E-state index contributed by atoms with van der Waals surface area (Å²) in [5.41, 5.74) is 10.9. The molecule has 244 valence electrons. The molecule has 0 saturated heterocycles. The Labute approximate surface area is 303 Å². The Balaban J connectivity index is 1.29. The smallest absolute Gasteiger partial charge is 0.137 e. The summed E-state index contributed by atoms with van der Waals surface area (Å²) in [5, 5.41) is 7.19. The predicted octanol–water partition coefficient (Wildman–Crippen LogP) is 14.2. The SMILES string of the molecule is c1ccc(-c2cccc(N(c3cc(-n4c5ccccc5c5ccccc54)cc4c3sc3ccccc34)c3cccc4oc5ccccc5c34)c2)cc1. The van der Waals surface area contributed by atoms with Crippen molar-refractivity contribution in [2.45, 2.75) is 0 Å². The van der Waals surface area contributed by atoms with Crippen molar-refractivity contribution < 1.29 is 4.42 Å². The number of fused-ring (bicyclic) bond motifs is 9. The molecule has 4 heteroatoms. The number of thiophene rings is 1. The third-order valence-corrected chi connectivity index (χ3v) is 11.6. The molecule has 0 saturated carbocycles. The van der Waals surface area contributed by atoms with Gasteiger partial charge in [0.1, 0.15) is 11.2 Å². The predicted molar refractivity (Wildman–Crippen MR) is 221 cm³/mol. The number of para-hydroxylation sites is 3. The summed E-state index contributed by atoms with van der Waals surface area (Å²) in [5.74, 6) is 0. The van der Waals surface area contributed by atoms with Crippen LogP contribution in [-0.4, -0.2) is 4.57 Å². The largest absolute Gasteiger partial charge is 0.456 e. The van der Waals surface area contributed by atoms with Crippen molar-refractivity contribution in [3.05, 3.63) is 182 Å². The van der Waals surface area contributed by atoms with Gasteiger partial charge in [0.15, 0.2) is 0 Å². The minimum atomic E-state index is 0.869. The summed E-state index contributed by atoms with van der Waals surface area (Å²) >= 11 is 1.86. The fraction of sp³-hybridized carbons (Fsp3) is 0. The van der Waals surface area contributed by atoms with E-state index < -0.39 is 0 Å². The van der Waals surface area contributed by atoms with Gasteiger partial charge >= 0.3 is 0 Å². The van der Waals surface area contributed by atoms with Gasteiger partial charge in [-0.2, -0.15) is 0 Å². The van der Waals surface area contributed by atoms with Crippen LogP contribution in [0.1, 0.15) is 0 Å². The maximum Gasteiger partial charge on any atom is 0.137 e. The van der Waals surface area contributed by atoms with Gasteiger partial charge in [-0.15, -0.1) is 11.3 Å². The molecule has 0 aliphatic rings. The Morgan fingerprint density at radius 3 is 1.88 bits per heavy atom. The zero-order chi connectivity index (χ0) is 34.2. The molecule has 52 heavy (non-hydrogen) atoms. The number of aromatic nitrogens is 1. The van der Waals surface area contributed by atoms with Crippen molar-refractivity contribution in [3.63, 3.8) is 0 Å². The molecular weight excluding hydrogens is 653 g/mol. The average Bonchev–Trinajstić information content (AvgIpc) is 3.89. The zero-order valence-electron chi connectivity index (χ0n) is 28.0. The molecule has 0 unspecified atom stereocenters. The topological polar surface area (TPSA) is 21.3 Å². The first kappa shape index (κ1) is 29.1. The molecule has 0 atom stereocenters. The molecule has 0 N–H and O–H groups in total. The van der Waals surface area contributed by atoms with E-state index in [2.05, 4.69) is 185 Å². The van der Waals surface area contributed by atoms with Crippen LogP contribution < -0.4 is 4.90 Å². The van der Waals surface area contributed by atoms with Crippen LogP contribution in [0.2, 0.25) is 0 Å². The molecule has 3 aromatic heterocycles. The summed E-state index contributed by atoms with van der Waals surface area (Å²) in [7, 11) is 0. The molecule has 0 aliphatic carbocycles. The second-order valence-corrected chi connectivity index (χ2v) is 14.4. The van der Waals surface area contributed by atoms with Crippen LogP contribution in [0.4, 0.5) is 17.1 Å². The summed E-state index contributed by atoms with van der Waals surface area (Å²) < 4.78 is 11.4. The number of rotatable bonds is 5. The van der Waals surface area contributed by atoms with E-state index >= 15 is 0 Å². The van der Waals surface area contributed by atoms with Crippen molar-refractivity contribution in [2.75, 3.05) is 4.90 Å². The maximum atomic E-state index is 6.49. The quantitative estimate of drug-likeness (QED) is 0.180. The number of hydrogen-bond acceptors (Lipinski definition) is 3. The molecule has 0 fully saturated rings. The summed E-state index contributed by atoms with van der Waals surface area (Å²) in [6, 6.07) is 65.5. The highest BCUT2D eigenvalue weighted by atomic mass is 32.1. The average molecular weight is 683 g/mol. The van der Waals surface area contributed by atoms with E-state index in [1.165, 1.54) is 53.1 Å². The number of anilines is 3. The first-order valence-corrected chi connectivity index (χ1v) is 18.4. The first-order valence-electron chi connectivity index (χ1n) is 17.6. The Kier molecular flexibility index (Phi) is 6.42. The monoisotopic (exact) mass is 682 g/mol. The van der Waals surface area contributed by atoms with E-state index in [4.69, 9.17) is 4.42 Å². The van der Waals surface area contributed by atoms with Crippen molar-refractivity contribution in [1.29, 1.82) is 0 Å². The van der Waals surface area contributed by atoms with Crippen molar-refractivity contribution >= 4 is 92.3 Å². The molecule has 0 radical (unpaired) electrons. The number of benzene rings is 8. The molecular formula is C48H30N2OS. The van der Waals surface area contributed by atoms with Crippen LogP contribution >= 0.6 is 11.3 Å². The fourth-order valence-corrected chi connectivity index (χ4v) is 9.28. The summed E-state index contributed by atoms with van der Waals surface area (Å²) in [4.78, 5) is 2.46. The lowest BCUT2D eigenvalue weighted by Gasteiger charge is -2.28. The van der Waals surface area contributed by atoms with Crippen molar-refractivity contribution in [2.24, 2.45) is 0 Å². The van der Waals surface area contributed by atoms with E-state index in [-0.39, 0.29) is 0 Å². The standard InChI is InChI=1S/C48H30N2OS/c1-2-14-31(15-3-1)32-16-12-17-33(28-32)49(42-24-13-26-45-47(42)38-21-6-10-25-44(38)51-45)43-30-34(29-39-37-20-7-11-27-46(37)52-48(39)43)50-40-22-8-4-18-35(40)36-19-5-9-23-41(36)50/h1-30H. The van der Waals surface area contributed by atoms with Gasteiger partial charge in [-0.25, -0.2) is 0 Å². The first-order chi connectivity index (χ1) is 25.8. The minimum Gasteiger partial charge on any atom is -0.456 e. The highest BCUT2D eigenvalue weighted by Gasteiger charge is 2.24. The van der Waals surface area contributed by atoms with Crippen LogP contribution in [0, 0.1) is 0 Å². The van der Waals surface area contributed by atoms with Gasteiger partial charge in [0.25, 0.3) is 0 Å². The van der Waals surface area contributed by atoms with E-state index in [0.29, 0.717) is 0 Å². The van der Waals surface area contributed by atoms with Crippen molar-refractivity contribution in [1.82, 2.24) is 4.57 Å². The summed E-state index contributed by atoms with van der Waals surface area (Å²) in [6.07, 6.45) is 0. The zero-order valence-corrected chi connectivity index (χ0v) is 28.8. The molecule has 3 heterocycles. The molecule has 0 aliphatic heterocycles. The van der Waals surface area contributed by atoms with Crippen LogP contribution in [0.5, 0.6) is 0 Å². The van der Waals surface area contributed by atoms with E-state index in [1.54, 1.807) is 0 Å². The third kappa shape index (κ3) is 4.38. The van der Waals surface area contributed by atoms with Crippen LogP contribution in [0.3, 0.4) is 0 Å². The van der Waals surface area contributed by atoms with Gasteiger partial charge in [-0.3, -0.25) is 0 Å². The van der Waals surface area contributed by atoms with Gasteiger partial charge in [-0.1, -0.05) is 121 Å². The fourth-order valence-electron chi connectivity index (χ4n) is 8.10. The summed E-state index contributed by atoms with van der Waals surface area (Å²) in [6.45, 7) is 0. The van der Waals surface area contributed by atoms with Crippen molar-refractivity contribution in [3.8, 4) is 16.8 Å². The highest BCUT2D eigenvalue weighted by Crippen LogP contribution is 2.50. The second kappa shape index (κ2) is 11.5. The van der Waals surface area contributed by atoms with E-state index in [9.17, 15) is 0 Å². The maximum absolute atomic E-state index is 6.49. The lowest BCUT2D eigenvalue weighted by Crippen LogP contribution is -2.11. The molecule has 0 amide bonds. The van der Waals surface area contributed by atoms with Gasteiger partial charge in [0, 0.05) is 43.0 Å². The molecule has 3 nitrogen and oxygen atoms in total. The van der Waals surface area contributed by atoms with Gasteiger partial charge < -0.3 is 13.9 Å². The molecule has 11 aromatic rings. The van der Waals surface area contributed by atoms with Gasteiger partial charge in [0.05, 0.1) is 32.5 Å². The molecule has 8 aromatic carbocycles. The lowest BCUT2D eigenvalue weighted by molar-refractivity contribution is 0.669. The van der Waals surface area contributed by atoms with E-state index in [0.717, 1.165) is 44.7 Å². The van der Waals surface area contributed by atoms with Crippen LogP contribution in [0.15, 0.2) is 186 Å². The number of hydrogen-bond donors (Lipinski definition) is 0. The molecule has 0 bridgehead atoms. The van der Waals surface area contributed by atoms with E-state index in [1.807, 2.05) is 17.4 Å². The van der Waals surface area contributed by atoms with Gasteiger partial charge in [-0.05, 0) is 71.8 Å². The van der Waals surface area contributed by atoms with Crippen LogP contribution in [0.25, 0.3) is 80.7 Å². The Hall–Kier alpha value is -6.62. The lowest BCUT2D eigenvalue weighted by atomic mass is 10.0. The Bertz CT molecular complexity index is 3100. The second-order valence-electron chi connectivity index (χ2n) is 13.3. The highest BCUT2D eigenvalue weighted by molar-refractivity contribution is 7.26. The number of furan rings is 1. The Morgan fingerprint density at radius 1 is 0.442 bits per heavy atom. The van der Waals surface area contributed by atoms with Gasteiger partial charge in [0.2, 0.25) is 0 Å².